The number of ether oxygens (including phenoxy) is 3. The van der Waals surface area contributed by atoms with Crippen LogP contribution in [0.5, 0.6) is 5.75 Å². The van der Waals surface area contributed by atoms with E-state index in [1.807, 2.05) is 25.1 Å². The summed E-state index contributed by atoms with van der Waals surface area (Å²) >= 11 is 3.53. The summed E-state index contributed by atoms with van der Waals surface area (Å²) in [6, 6.07) is 5.91. The molecular formula is C14H15BrO3. The lowest BCUT2D eigenvalue weighted by Crippen LogP contribution is -2.22. The van der Waals surface area contributed by atoms with Crippen LogP contribution in [-0.2, 0) is 15.3 Å². The number of hydrogen-bond acceptors (Lipinski definition) is 3. The first kappa shape index (κ1) is 11.9. The molecule has 1 aromatic carbocycles. The van der Waals surface area contributed by atoms with Gasteiger partial charge in [-0.05, 0) is 52.9 Å². The van der Waals surface area contributed by atoms with E-state index in [1.54, 1.807) is 12.5 Å². The fraction of sp³-hybridized carbons (Fsp3) is 0.429. The Morgan fingerprint density at radius 2 is 2.06 bits per heavy atom. The molecule has 0 spiro atoms. The van der Waals surface area contributed by atoms with E-state index in [0.717, 1.165) is 28.3 Å². The minimum Gasteiger partial charge on any atom is -0.492 e. The molecule has 2 aliphatic rings. The quantitative estimate of drug-likeness (QED) is 0.843. The van der Waals surface area contributed by atoms with Crippen molar-refractivity contribution in [3.05, 3.63) is 40.8 Å². The highest BCUT2D eigenvalue weighted by atomic mass is 79.9. The average Bonchev–Trinajstić information content (AvgIpc) is 3.08. The first-order valence-corrected chi connectivity index (χ1v) is 6.90. The lowest BCUT2D eigenvalue weighted by atomic mass is 10.1. The molecule has 0 radical (unpaired) electrons. The molecule has 0 unspecified atom stereocenters. The molecule has 0 amide bonds. The minimum absolute atomic E-state index is 0.725. The lowest BCUT2D eigenvalue weighted by molar-refractivity contribution is -0.133. The maximum Gasteiger partial charge on any atom is 0.273 e. The SMILES string of the molecule is CC1(c2ccc(OCC3CC3)c(Br)c2)OC=CO1. The smallest absolute Gasteiger partial charge is 0.273 e. The molecule has 0 N–H and O–H groups in total. The predicted molar refractivity (Wildman–Crippen MR) is 71.0 cm³/mol. The van der Waals surface area contributed by atoms with Crippen LogP contribution in [0, 0.1) is 5.92 Å². The molecule has 0 bridgehead atoms. The maximum absolute atomic E-state index is 5.77. The summed E-state index contributed by atoms with van der Waals surface area (Å²) in [5.74, 6) is 0.900. The van der Waals surface area contributed by atoms with Crippen LogP contribution in [0.1, 0.15) is 25.3 Å². The van der Waals surface area contributed by atoms with Gasteiger partial charge in [0.15, 0.2) is 0 Å². The fourth-order valence-corrected chi connectivity index (χ4v) is 2.36. The third-order valence-electron chi connectivity index (χ3n) is 3.27. The molecule has 1 fully saturated rings. The van der Waals surface area contributed by atoms with Crippen molar-refractivity contribution in [2.75, 3.05) is 6.61 Å². The zero-order valence-electron chi connectivity index (χ0n) is 10.2. The van der Waals surface area contributed by atoms with Gasteiger partial charge >= 0.3 is 0 Å². The van der Waals surface area contributed by atoms with Crippen molar-refractivity contribution in [1.82, 2.24) is 0 Å². The molecule has 1 aromatic rings. The monoisotopic (exact) mass is 310 g/mol. The Morgan fingerprint density at radius 1 is 1.33 bits per heavy atom. The Kier molecular flexibility index (Phi) is 2.98. The Morgan fingerprint density at radius 3 is 2.67 bits per heavy atom. The van der Waals surface area contributed by atoms with Gasteiger partial charge in [-0.25, -0.2) is 0 Å². The van der Waals surface area contributed by atoms with Crippen LogP contribution in [0.3, 0.4) is 0 Å². The summed E-state index contributed by atoms with van der Waals surface area (Å²) in [7, 11) is 0. The van der Waals surface area contributed by atoms with Gasteiger partial charge < -0.3 is 14.2 Å². The van der Waals surface area contributed by atoms with E-state index < -0.39 is 5.79 Å². The summed E-state index contributed by atoms with van der Waals surface area (Å²) < 4.78 is 17.6. The molecule has 3 rings (SSSR count). The second-order valence-corrected chi connectivity index (χ2v) is 5.71. The number of benzene rings is 1. The predicted octanol–water partition coefficient (Wildman–Crippen LogP) is 3.93. The summed E-state index contributed by atoms with van der Waals surface area (Å²) in [6.45, 7) is 2.70. The van der Waals surface area contributed by atoms with Gasteiger partial charge in [0.05, 0.1) is 11.1 Å². The van der Waals surface area contributed by atoms with Crippen LogP contribution in [0.4, 0.5) is 0 Å². The van der Waals surface area contributed by atoms with Crippen molar-refractivity contribution in [2.24, 2.45) is 5.92 Å². The van der Waals surface area contributed by atoms with Crippen molar-refractivity contribution >= 4 is 15.9 Å². The van der Waals surface area contributed by atoms with Crippen LogP contribution in [0.2, 0.25) is 0 Å². The normalized spacial score (nSPS) is 20.3. The molecule has 0 aromatic heterocycles. The molecule has 1 aliphatic heterocycles. The van der Waals surface area contributed by atoms with E-state index in [0.29, 0.717) is 0 Å². The van der Waals surface area contributed by atoms with Gasteiger partial charge in [-0.15, -0.1) is 0 Å². The largest absolute Gasteiger partial charge is 0.492 e. The minimum atomic E-state index is -0.725. The van der Waals surface area contributed by atoms with Gasteiger partial charge in [0, 0.05) is 12.5 Å². The zero-order valence-corrected chi connectivity index (χ0v) is 11.8. The number of rotatable bonds is 4. The standard InChI is InChI=1S/C14H15BrO3/c1-14(17-6-7-18-14)11-4-5-13(12(15)8-11)16-9-10-2-3-10/h4-8,10H,2-3,9H2,1H3. The second kappa shape index (κ2) is 4.50. The summed E-state index contributed by atoms with van der Waals surface area (Å²) in [5.41, 5.74) is 0.957. The maximum atomic E-state index is 5.77. The van der Waals surface area contributed by atoms with Crippen molar-refractivity contribution in [3.8, 4) is 5.75 Å². The highest BCUT2D eigenvalue weighted by Gasteiger charge is 2.32. The second-order valence-electron chi connectivity index (χ2n) is 4.85. The van der Waals surface area contributed by atoms with Crippen molar-refractivity contribution < 1.29 is 14.2 Å². The summed E-state index contributed by atoms with van der Waals surface area (Å²) in [6.07, 6.45) is 5.71. The Hall–Kier alpha value is -1.16. The van der Waals surface area contributed by atoms with Crippen LogP contribution in [-0.4, -0.2) is 6.61 Å². The van der Waals surface area contributed by atoms with Gasteiger partial charge in [-0.3, -0.25) is 0 Å². The van der Waals surface area contributed by atoms with Gasteiger partial charge in [0.1, 0.15) is 18.3 Å². The molecule has 96 valence electrons. The first-order valence-electron chi connectivity index (χ1n) is 6.11. The van der Waals surface area contributed by atoms with Crippen molar-refractivity contribution in [1.29, 1.82) is 0 Å². The fourth-order valence-electron chi connectivity index (χ4n) is 1.87. The van der Waals surface area contributed by atoms with Crippen LogP contribution >= 0.6 is 15.9 Å². The zero-order chi connectivity index (χ0) is 12.6. The molecule has 1 aliphatic carbocycles. The van der Waals surface area contributed by atoms with Gasteiger partial charge in [-0.1, -0.05) is 0 Å². The summed E-state index contributed by atoms with van der Waals surface area (Å²) in [5, 5.41) is 0. The molecule has 18 heavy (non-hydrogen) atoms. The van der Waals surface area contributed by atoms with Crippen molar-refractivity contribution in [3.63, 3.8) is 0 Å². The topological polar surface area (TPSA) is 27.7 Å². The molecule has 1 saturated carbocycles. The van der Waals surface area contributed by atoms with Gasteiger partial charge in [-0.2, -0.15) is 0 Å². The average molecular weight is 311 g/mol. The van der Waals surface area contributed by atoms with Crippen LogP contribution in [0.25, 0.3) is 0 Å². The lowest BCUT2D eigenvalue weighted by Gasteiger charge is -2.24. The number of halogens is 1. The van der Waals surface area contributed by atoms with Gasteiger partial charge in [0.2, 0.25) is 0 Å². The van der Waals surface area contributed by atoms with Gasteiger partial charge in [0.25, 0.3) is 5.79 Å². The Balaban J connectivity index is 1.75. The Labute approximate surface area is 115 Å². The molecule has 0 atom stereocenters. The van der Waals surface area contributed by atoms with E-state index in [1.165, 1.54) is 12.8 Å². The molecule has 4 heteroatoms. The highest BCUT2D eigenvalue weighted by molar-refractivity contribution is 9.10. The number of hydrogen-bond donors (Lipinski definition) is 0. The molecule has 1 heterocycles. The van der Waals surface area contributed by atoms with E-state index >= 15 is 0 Å². The van der Waals surface area contributed by atoms with E-state index in [2.05, 4.69) is 15.9 Å². The van der Waals surface area contributed by atoms with Crippen LogP contribution < -0.4 is 4.74 Å². The third kappa shape index (κ3) is 2.34. The Bertz CT molecular complexity index is 472. The molecule has 0 saturated heterocycles. The highest BCUT2D eigenvalue weighted by Crippen LogP contribution is 2.37. The van der Waals surface area contributed by atoms with Crippen LogP contribution in [0.15, 0.2) is 35.2 Å². The van der Waals surface area contributed by atoms with Crippen molar-refractivity contribution in [2.45, 2.75) is 25.6 Å². The molecule has 3 nitrogen and oxygen atoms in total. The first-order chi connectivity index (χ1) is 8.67. The third-order valence-corrected chi connectivity index (χ3v) is 3.89. The molecular weight excluding hydrogens is 296 g/mol. The van der Waals surface area contributed by atoms with E-state index in [-0.39, 0.29) is 0 Å². The van der Waals surface area contributed by atoms with E-state index in [4.69, 9.17) is 14.2 Å². The van der Waals surface area contributed by atoms with E-state index in [9.17, 15) is 0 Å². The summed E-state index contributed by atoms with van der Waals surface area (Å²) in [4.78, 5) is 0.